The topological polar surface area (TPSA) is 95.6 Å². The Morgan fingerprint density at radius 2 is 1.65 bits per heavy atom. The molecule has 0 radical (unpaired) electrons. The number of hydrogen-bond donors (Lipinski definition) is 2. The van der Waals surface area contributed by atoms with Crippen LogP contribution in [0.2, 0.25) is 0 Å². The molecule has 0 aromatic heterocycles. The van der Waals surface area contributed by atoms with Crippen molar-refractivity contribution in [3.8, 4) is 0 Å². The Bertz CT molecular complexity index is 1030. The molecule has 0 saturated carbocycles. The average molecular weight is 444 g/mol. The van der Waals surface area contributed by atoms with Crippen LogP contribution in [0, 0.1) is 19.8 Å². The fraction of sp³-hybridized carbons (Fsp3) is 0.391. The second kappa shape index (κ2) is 10.1. The van der Waals surface area contributed by atoms with Gasteiger partial charge in [0.1, 0.15) is 0 Å². The van der Waals surface area contributed by atoms with Gasteiger partial charge >= 0.3 is 0 Å². The van der Waals surface area contributed by atoms with Crippen molar-refractivity contribution in [2.45, 2.75) is 38.1 Å². The summed E-state index contributed by atoms with van der Waals surface area (Å²) >= 11 is 0. The fourth-order valence-corrected chi connectivity index (χ4v) is 5.11. The number of aryl methyl sites for hydroxylation is 2. The molecule has 8 heteroatoms. The highest BCUT2D eigenvalue weighted by atomic mass is 32.2. The third-order valence-electron chi connectivity index (χ3n) is 5.70. The Morgan fingerprint density at radius 3 is 2.29 bits per heavy atom. The van der Waals surface area contributed by atoms with E-state index in [4.69, 9.17) is 0 Å². The van der Waals surface area contributed by atoms with Crippen LogP contribution in [0.1, 0.15) is 29.5 Å². The van der Waals surface area contributed by atoms with Gasteiger partial charge in [-0.25, -0.2) is 8.42 Å². The smallest absolute Gasteiger partial charge is 0.243 e. The highest BCUT2D eigenvalue weighted by Gasteiger charge is 2.32. The number of hydrogen-bond acceptors (Lipinski definition) is 4. The molecule has 2 N–H and O–H groups in total. The molecule has 2 amide bonds. The van der Waals surface area contributed by atoms with Crippen molar-refractivity contribution in [3.63, 3.8) is 0 Å². The van der Waals surface area contributed by atoms with Crippen molar-refractivity contribution in [1.82, 2.24) is 14.9 Å². The van der Waals surface area contributed by atoms with Gasteiger partial charge in [0.15, 0.2) is 0 Å². The second-order valence-corrected chi connectivity index (χ2v) is 9.84. The van der Waals surface area contributed by atoms with E-state index in [0.717, 1.165) is 16.7 Å². The molecule has 1 aliphatic rings. The van der Waals surface area contributed by atoms with E-state index < -0.39 is 10.0 Å². The number of benzene rings is 2. The summed E-state index contributed by atoms with van der Waals surface area (Å²) in [5.74, 6) is -0.766. The van der Waals surface area contributed by atoms with Crippen LogP contribution >= 0.6 is 0 Å². The zero-order valence-corrected chi connectivity index (χ0v) is 18.7. The first kappa shape index (κ1) is 23.0. The third kappa shape index (κ3) is 5.92. The molecule has 0 unspecified atom stereocenters. The van der Waals surface area contributed by atoms with Gasteiger partial charge in [-0.2, -0.15) is 4.31 Å². The van der Waals surface area contributed by atoms with E-state index in [1.807, 2.05) is 50.2 Å². The summed E-state index contributed by atoms with van der Waals surface area (Å²) in [5.41, 5.74) is 2.96. The molecule has 1 heterocycles. The lowest BCUT2D eigenvalue weighted by atomic mass is 9.97. The summed E-state index contributed by atoms with van der Waals surface area (Å²) in [6.45, 7) is 4.72. The van der Waals surface area contributed by atoms with Crippen molar-refractivity contribution >= 4 is 21.8 Å². The van der Waals surface area contributed by atoms with Crippen molar-refractivity contribution < 1.29 is 18.0 Å². The number of sulfonamides is 1. The van der Waals surface area contributed by atoms with Gasteiger partial charge in [-0.1, -0.05) is 36.4 Å². The number of amides is 2. The maximum absolute atomic E-state index is 12.9. The number of carbonyl (C=O) groups is 2. The van der Waals surface area contributed by atoms with Crippen LogP contribution in [0.5, 0.6) is 0 Å². The monoisotopic (exact) mass is 443 g/mol. The Balaban J connectivity index is 1.46. The van der Waals surface area contributed by atoms with E-state index in [1.165, 1.54) is 4.31 Å². The molecule has 2 aromatic rings. The van der Waals surface area contributed by atoms with Crippen molar-refractivity contribution in [2.24, 2.45) is 5.92 Å². The fourth-order valence-electron chi connectivity index (χ4n) is 3.55. The van der Waals surface area contributed by atoms with Gasteiger partial charge in [0.05, 0.1) is 11.4 Å². The van der Waals surface area contributed by atoms with E-state index in [1.54, 1.807) is 12.1 Å². The molecule has 2 aromatic carbocycles. The molecular formula is C23H29N3O4S. The maximum Gasteiger partial charge on any atom is 0.243 e. The van der Waals surface area contributed by atoms with Crippen molar-refractivity contribution in [1.29, 1.82) is 0 Å². The summed E-state index contributed by atoms with van der Waals surface area (Å²) in [6.07, 6.45) is 0.864. The van der Waals surface area contributed by atoms with Crippen LogP contribution in [0.15, 0.2) is 53.4 Å². The van der Waals surface area contributed by atoms with Gasteiger partial charge in [-0.05, 0) is 55.5 Å². The number of nitrogens with zero attached hydrogens (tertiary/aromatic N) is 1. The van der Waals surface area contributed by atoms with Crippen LogP contribution in [0.3, 0.4) is 0 Å². The highest BCUT2D eigenvalue weighted by Crippen LogP contribution is 2.25. The van der Waals surface area contributed by atoms with Crippen molar-refractivity contribution in [3.05, 3.63) is 65.2 Å². The third-order valence-corrected chi connectivity index (χ3v) is 7.59. The Morgan fingerprint density at radius 1 is 0.968 bits per heavy atom. The normalized spacial score (nSPS) is 15.4. The second-order valence-electron chi connectivity index (χ2n) is 7.90. The van der Waals surface area contributed by atoms with Crippen LogP contribution in [0.25, 0.3) is 0 Å². The van der Waals surface area contributed by atoms with E-state index in [0.29, 0.717) is 19.4 Å². The quantitative estimate of drug-likeness (QED) is 0.685. The Labute approximate surface area is 183 Å². The molecule has 3 rings (SSSR count). The number of piperidine rings is 1. The van der Waals surface area contributed by atoms with E-state index in [2.05, 4.69) is 10.6 Å². The first-order chi connectivity index (χ1) is 14.8. The van der Waals surface area contributed by atoms with Crippen LogP contribution in [0.4, 0.5) is 0 Å². The predicted octanol–water partition coefficient (Wildman–Crippen LogP) is 2.14. The van der Waals surface area contributed by atoms with Gasteiger partial charge in [0, 0.05) is 25.6 Å². The van der Waals surface area contributed by atoms with Crippen LogP contribution in [-0.2, 0) is 26.2 Å². The van der Waals surface area contributed by atoms with Crippen LogP contribution in [-0.4, -0.2) is 44.2 Å². The Kier molecular flexibility index (Phi) is 7.46. The molecular weight excluding hydrogens is 414 g/mol. The minimum absolute atomic E-state index is 0.0905. The van der Waals surface area contributed by atoms with Crippen molar-refractivity contribution in [2.75, 3.05) is 19.6 Å². The lowest BCUT2D eigenvalue weighted by Crippen LogP contribution is -2.45. The molecule has 7 nitrogen and oxygen atoms in total. The molecule has 0 atom stereocenters. The average Bonchev–Trinajstić information content (AvgIpc) is 2.78. The number of rotatable bonds is 7. The highest BCUT2D eigenvalue weighted by molar-refractivity contribution is 7.89. The molecule has 0 aliphatic carbocycles. The maximum atomic E-state index is 12.9. The first-order valence-corrected chi connectivity index (χ1v) is 11.9. The number of nitrogens with one attached hydrogen (secondary N) is 2. The summed E-state index contributed by atoms with van der Waals surface area (Å²) in [5, 5.41) is 5.44. The van der Waals surface area contributed by atoms with Gasteiger partial charge < -0.3 is 10.6 Å². The molecule has 1 saturated heterocycles. The standard InChI is InChI=1S/C23H29N3O4S/c1-17-8-9-21(14-18(17)2)31(29,30)26-12-10-20(11-13-26)23(28)25-16-22(27)24-15-19-6-4-3-5-7-19/h3-9,14,20H,10-13,15-16H2,1-2H3,(H,24,27)(H,25,28). The lowest BCUT2D eigenvalue weighted by molar-refractivity contribution is -0.129. The summed E-state index contributed by atoms with van der Waals surface area (Å²) in [6, 6.07) is 14.7. The molecule has 31 heavy (non-hydrogen) atoms. The van der Waals surface area contributed by atoms with E-state index >= 15 is 0 Å². The van der Waals surface area contributed by atoms with Gasteiger partial charge in [0.2, 0.25) is 21.8 Å². The SMILES string of the molecule is Cc1ccc(S(=O)(=O)N2CCC(C(=O)NCC(=O)NCc3ccccc3)CC2)cc1C. The van der Waals surface area contributed by atoms with E-state index in [-0.39, 0.29) is 42.3 Å². The van der Waals surface area contributed by atoms with Crippen LogP contribution < -0.4 is 10.6 Å². The lowest BCUT2D eigenvalue weighted by Gasteiger charge is -2.30. The van der Waals surface area contributed by atoms with Gasteiger partial charge in [-0.15, -0.1) is 0 Å². The summed E-state index contributed by atoms with van der Waals surface area (Å²) in [7, 11) is -3.57. The summed E-state index contributed by atoms with van der Waals surface area (Å²) < 4.78 is 27.2. The minimum Gasteiger partial charge on any atom is -0.350 e. The molecule has 1 aliphatic heterocycles. The Hall–Kier alpha value is -2.71. The van der Waals surface area contributed by atoms with Gasteiger partial charge in [0.25, 0.3) is 0 Å². The molecule has 0 bridgehead atoms. The van der Waals surface area contributed by atoms with E-state index in [9.17, 15) is 18.0 Å². The zero-order valence-electron chi connectivity index (χ0n) is 17.9. The molecule has 166 valence electrons. The molecule has 1 fully saturated rings. The molecule has 0 spiro atoms. The van der Waals surface area contributed by atoms with Gasteiger partial charge in [-0.3, -0.25) is 9.59 Å². The zero-order chi connectivity index (χ0) is 22.4. The minimum atomic E-state index is -3.57. The summed E-state index contributed by atoms with van der Waals surface area (Å²) in [4.78, 5) is 24.7. The predicted molar refractivity (Wildman–Crippen MR) is 119 cm³/mol. The first-order valence-electron chi connectivity index (χ1n) is 10.4. The number of carbonyl (C=O) groups excluding carboxylic acids is 2. The largest absolute Gasteiger partial charge is 0.350 e.